The molecule has 0 unspecified atom stereocenters. The molecule has 3 aromatic rings. The van der Waals surface area contributed by atoms with Gasteiger partial charge in [-0.3, -0.25) is 4.79 Å². The minimum Gasteiger partial charge on any atom is -0.507 e. The first-order chi connectivity index (χ1) is 13.2. The summed E-state index contributed by atoms with van der Waals surface area (Å²) in [6.07, 6.45) is 3.88. The zero-order valence-corrected chi connectivity index (χ0v) is 14.8. The van der Waals surface area contributed by atoms with Crippen molar-refractivity contribution in [3.05, 3.63) is 84.4 Å². The molecule has 2 N–H and O–H groups in total. The van der Waals surface area contributed by atoms with Crippen LogP contribution in [0, 0.1) is 0 Å². The minimum atomic E-state index is -0.389. The molecule has 0 atom stereocenters. The highest BCUT2D eigenvalue weighted by Gasteiger charge is 2.07. The number of allylic oxidation sites excluding steroid dienone is 1. The fraction of sp³-hybridized carbons (Fsp3) is 0.0909. The molecule has 0 aliphatic heterocycles. The highest BCUT2D eigenvalue weighted by atomic mass is 16.5. The molecule has 136 valence electrons. The molecule has 5 heteroatoms. The molecule has 5 nitrogen and oxygen atoms in total. The minimum absolute atomic E-state index is 0.0984. The van der Waals surface area contributed by atoms with E-state index in [1.807, 2.05) is 54.6 Å². The number of amides is 1. The molecule has 0 saturated carbocycles. The smallest absolute Gasteiger partial charge is 0.277 e. The van der Waals surface area contributed by atoms with Crippen LogP contribution in [0.15, 0.2) is 78.4 Å². The number of aromatic hydroxyl groups is 1. The van der Waals surface area contributed by atoms with Crippen molar-refractivity contribution < 1.29 is 14.6 Å². The van der Waals surface area contributed by atoms with Crippen molar-refractivity contribution in [2.24, 2.45) is 5.10 Å². The topological polar surface area (TPSA) is 70.9 Å². The SMILES string of the molecule is C=CCc1ccccc1OCC(=O)N/N=C/c1c(O)ccc2ccccc12. The van der Waals surface area contributed by atoms with Crippen LogP contribution in [0.2, 0.25) is 0 Å². The Bertz CT molecular complexity index is 996. The Morgan fingerprint density at radius 3 is 2.74 bits per heavy atom. The number of carbonyl (C=O) groups is 1. The van der Waals surface area contributed by atoms with E-state index in [0.29, 0.717) is 17.7 Å². The van der Waals surface area contributed by atoms with Gasteiger partial charge in [-0.05, 0) is 34.9 Å². The second-order valence-corrected chi connectivity index (χ2v) is 5.90. The number of rotatable bonds is 7. The maximum atomic E-state index is 12.0. The van der Waals surface area contributed by atoms with Gasteiger partial charge >= 0.3 is 0 Å². The van der Waals surface area contributed by atoms with E-state index >= 15 is 0 Å². The number of hydrogen-bond acceptors (Lipinski definition) is 4. The fourth-order valence-electron chi connectivity index (χ4n) is 2.73. The van der Waals surface area contributed by atoms with Crippen LogP contribution in [0.5, 0.6) is 11.5 Å². The number of fused-ring (bicyclic) bond motifs is 1. The van der Waals surface area contributed by atoms with Gasteiger partial charge in [0.2, 0.25) is 0 Å². The molecule has 0 saturated heterocycles. The Labute approximate surface area is 157 Å². The highest BCUT2D eigenvalue weighted by molar-refractivity contribution is 6.02. The van der Waals surface area contributed by atoms with Crippen LogP contribution in [0.1, 0.15) is 11.1 Å². The van der Waals surface area contributed by atoms with Crippen molar-refractivity contribution in [3.8, 4) is 11.5 Å². The third-order valence-corrected chi connectivity index (χ3v) is 4.03. The van der Waals surface area contributed by atoms with Gasteiger partial charge in [0.1, 0.15) is 11.5 Å². The van der Waals surface area contributed by atoms with Gasteiger partial charge in [0.15, 0.2) is 6.61 Å². The summed E-state index contributed by atoms with van der Waals surface area (Å²) in [5.74, 6) is 0.351. The van der Waals surface area contributed by atoms with Crippen LogP contribution >= 0.6 is 0 Å². The molecule has 0 heterocycles. The lowest BCUT2D eigenvalue weighted by Crippen LogP contribution is -2.24. The predicted octanol–water partition coefficient (Wildman–Crippen LogP) is 3.80. The average molecular weight is 360 g/mol. The fourth-order valence-corrected chi connectivity index (χ4v) is 2.73. The quantitative estimate of drug-likeness (QED) is 0.382. The molecule has 0 aromatic heterocycles. The van der Waals surface area contributed by atoms with E-state index in [-0.39, 0.29) is 18.3 Å². The number of hydrazone groups is 1. The molecule has 0 spiro atoms. The Kier molecular flexibility index (Phi) is 5.84. The first kappa shape index (κ1) is 18.2. The van der Waals surface area contributed by atoms with Gasteiger partial charge in [-0.25, -0.2) is 5.43 Å². The number of benzene rings is 3. The molecule has 0 radical (unpaired) electrons. The molecule has 1 amide bonds. The summed E-state index contributed by atoms with van der Waals surface area (Å²) in [5.41, 5.74) is 3.93. The van der Waals surface area contributed by atoms with Crippen LogP contribution in [-0.2, 0) is 11.2 Å². The van der Waals surface area contributed by atoms with Crippen molar-refractivity contribution in [2.45, 2.75) is 6.42 Å². The molecule has 0 aliphatic rings. The van der Waals surface area contributed by atoms with E-state index in [9.17, 15) is 9.90 Å². The number of phenolic OH excluding ortho intramolecular Hbond substituents is 1. The van der Waals surface area contributed by atoms with Gasteiger partial charge < -0.3 is 9.84 Å². The summed E-state index contributed by atoms with van der Waals surface area (Å²) in [6.45, 7) is 3.56. The van der Waals surface area contributed by atoms with Crippen LogP contribution in [0.4, 0.5) is 0 Å². The van der Waals surface area contributed by atoms with Crippen LogP contribution < -0.4 is 10.2 Å². The summed E-state index contributed by atoms with van der Waals surface area (Å²) in [6, 6.07) is 18.6. The Balaban J connectivity index is 1.63. The second-order valence-electron chi connectivity index (χ2n) is 5.90. The van der Waals surface area contributed by atoms with Crippen molar-refractivity contribution in [1.82, 2.24) is 5.43 Å². The molecule has 0 bridgehead atoms. The Morgan fingerprint density at radius 2 is 1.89 bits per heavy atom. The number of hydrogen-bond donors (Lipinski definition) is 2. The zero-order chi connectivity index (χ0) is 19.1. The van der Waals surface area contributed by atoms with E-state index in [4.69, 9.17) is 4.74 Å². The first-order valence-corrected chi connectivity index (χ1v) is 8.53. The number of phenols is 1. The van der Waals surface area contributed by atoms with Crippen molar-refractivity contribution in [1.29, 1.82) is 0 Å². The summed E-state index contributed by atoms with van der Waals surface area (Å²) in [7, 11) is 0. The third kappa shape index (κ3) is 4.52. The van der Waals surface area contributed by atoms with E-state index in [1.165, 1.54) is 6.21 Å². The largest absolute Gasteiger partial charge is 0.507 e. The Morgan fingerprint density at radius 1 is 1.11 bits per heavy atom. The summed E-state index contributed by atoms with van der Waals surface area (Å²) < 4.78 is 5.57. The maximum absolute atomic E-state index is 12.0. The van der Waals surface area contributed by atoms with Gasteiger partial charge in [-0.1, -0.05) is 54.6 Å². The van der Waals surface area contributed by atoms with Gasteiger partial charge in [0, 0.05) is 5.56 Å². The second kappa shape index (κ2) is 8.67. The number of ether oxygens (including phenoxy) is 1. The van der Waals surface area contributed by atoms with E-state index in [1.54, 1.807) is 12.1 Å². The average Bonchev–Trinajstić information content (AvgIpc) is 2.69. The van der Waals surface area contributed by atoms with Gasteiger partial charge in [0.05, 0.1) is 6.21 Å². The normalized spacial score (nSPS) is 10.8. The molecule has 27 heavy (non-hydrogen) atoms. The lowest BCUT2D eigenvalue weighted by molar-refractivity contribution is -0.123. The third-order valence-electron chi connectivity index (χ3n) is 4.03. The van der Waals surface area contributed by atoms with Crippen LogP contribution in [0.3, 0.4) is 0 Å². The number of nitrogens with zero attached hydrogens (tertiary/aromatic N) is 1. The van der Waals surface area contributed by atoms with Gasteiger partial charge in [0.25, 0.3) is 5.91 Å². The van der Waals surface area contributed by atoms with E-state index in [2.05, 4.69) is 17.1 Å². The van der Waals surface area contributed by atoms with Crippen molar-refractivity contribution >= 4 is 22.9 Å². The Hall–Kier alpha value is -3.60. The highest BCUT2D eigenvalue weighted by Crippen LogP contribution is 2.25. The standard InChI is InChI=1S/C22H20N2O3/c1-2-7-17-9-4-6-11-21(17)27-15-22(26)24-23-14-19-18-10-5-3-8-16(18)12-13-20(19)25/h2-6,8-14,25H,1,7,15H2,(H,24,26)/b23-14+. The maximum Gasteiger partial charge on any atom is 0.277 e. The summed E-state index contributed by atoms with van der Waals surface area (Å²) in [5, 5.41) is 15.8. The van der Waals surface area contributed by atoms with Gasteiger partial charge in [-0.2, -0.15) is 5.10 Å². The van der Waals surface area contributed by atoms with Crippen LogP contribution in [-0.4, -0.2) is 23.8 Å². The molecular weight excluding hydrogens is 340 g/mol. The number of nitrogens with one attached hydrogen (secondary N) is 1. The molecule has 3 aromatic carbocycles. The summed E-state index contributed by atoms with van der Waals surface area (Å²) in [4.78, 5) is 12.0. The first-order valence-electron chi connectivity index (χ1n) is 8.53. The summed E-state index contributed by atoms with van der Waals surface area (Å²) >= 11 is 0. The molecular formula is C22H20N2O3. The van der Waals surface area contributed by atoms with E-state index in [0.717, 1.165) is 16.3 Å². The van der Waals surface area contributed by atoms with E-state index < -0.39 is 0 Å². The molecule has 3 rings (SSSR count). The number of carbonyl (C=O) groups excluding carboxylic acids is 1. The number of para-hydroxylation sites is 1. The van der Waals surface area contributed by atoms with Crippen molar-refractivity contribution in [2.75, 3.05) is 6.61 Å². The molecule has 0 aliphatic carbocycles. The molecule has 0 fully saturated rings. The monoisotopic (exact) mass is 360 g/mol. The van der Waals surface area contributed by atoms with Gasteiger partial charge in [-0.15, -0.1) is 6.58 Å². The van der Waals surface area contributed by atoms with Crippen molar-refractivity contribution in [3.63, 3.8) is 0 Å². The predicted molar refractivity (Wildman–Crippen MR) is 107 cm³/mol. The zero-order valence-electron chi connectivity index (χ0n) is 14.8. The lowest BCUT2D eigenvalue weighted by Gasteiger charge is -2.09. The lowest BCUT2D eigenvalue weighted by atomic mass is 10.0. The van der Waals surface area contributed by atoms with Crippen LogP contribution in [0.25, 0.3) is 10.8 Å².